The fourth-order valence-corrected chi connectivity index (χ4v) is 2.67. The van der Waals surface area contributed by atoms with Crippen molar-refractivity contribution in [1.82, 2.24) is 4.90 Å². The lowest BCUT2D eigenvalue weighted by atomic mass is 10.1. The van der Waals surface area contributed by atoms with E-state index >= 15 is 0 Å². The van der Waals surface area contributed by atoms with E-state index in [1.54, 1.807) is 19.1 Å². The van der Waals surface area contributed by atoms with Gasteiger partial charge in [0, 0.05) is 19.6 Å². The molecule has 2 aromatic carbocycles. The van der Waals surface area contributed by atoms with Crippen molar-refractivity contribution in [3.63, 3.8) is 0 Å². The smallest absolute Gasteiger partial charge is 0.416 e. The van der Waals surface area contributed by atoms with E-state index < -0.39 is 11.7 Å². The predicted octanol–water partition coefficient (Wildman–Crippen LogP) is 4.42. The number of halogens is 4. The maximum atomic E-state index is 13.2. The molecule has 24 heavy (non-hydrogen) atoms. The third kappa shape index (κ3) is 3.87. The van der Waals surface area contributed by atoms with Gasteiger partial charge < -0.3 is 4.74 Å². The molecule has 128 valence electrons. The number of aryl methyl sites for hydroxylation is 1. The van der Waals surface area contributed by atoms with Crippen LogP contribution in [0.5, 0.6) is 5.75 Å². The summed E-state index contributed by atoms with van der Waals surface area (Å²) in [6, 6.07) is 9.84. The van der Waals surface area contributed by atoms with Crippen molar-refractivity contribution in [2.24, 2.45) is 0 Å². The normalized spacial score (nSPS) is 16.0. The van der Waals surface area contributed by atoms with Crippen LogP contribution in [0.4, 0.5) is 17.6 Å². The number of hydrogen-bond acceptors (Lipinski definition) is 2. The molecule has 0 aliphatic carbocycles. The lowest BCUT2D eigenvalue weighted by Gasteiger charge is -2.39. The number of likely N-dealkylation sites (tertiary alicyclic amines) is 1. The molecule has 2 aromatic rings. The van der Waals surface area contributed by atoms with Gasteiger partial charge in [-0.15, -0.1) is 0 Å². The molecule has 0 atom stereocenters. The van der Waals surface area contributed by atoms with Crippen molar-refractivity contribution in [3.05, 3.63) is 65.0 Å². The van der Waals surface area contributed by atoms with Crippen LogP contribution in [0.2, 0.25) is 0 Å². The van der Waals surface area contributed by atoms with Gasteiger partial charge in [-0.3, -0.25) is 4.90 Å². The quantitative estimate of drug-likeness (QED) is 0.765. The maximum absolute atomic E-state index is 13.2. The molecule has 0 saturated carbocycles. The van der Waals surface area contributed by atoms with Gasteiger partial charge in [-0.25, -0.2) is 4.39 Å². The minimum absolute atomic E-state index is 0.0179. The van der Waals surface area contributed by atoms with Crippen LogP contribution in [0.1, 0.15) is 16.7 Å². The van der Waals surface area contributed by atoms with E-state index in [0.717, 1.165) is 17.7 Å². The number of hydrogen-bond donors (Lipinski definition) is 0. The van der Waals surface area contributed by atoms with Crippen LogP contribution in [0.25, 0.3) is 0 Å². The van der Waals surface area contributed by atoms with E-state index in [4.69, 9.17) is 4.74 Å². The monoisotopic (exact) mass is 339 g/mol. The molecule has 0 aromatic heterocycles. The minimum Gasteiger partial charge on any atom is -0.488 e. The second kappa shape index (κ2) is 6.43. The highest BCUT2D eigenvalue weighted by atomic mass is 19.4. The van der Waals surface area contributed by atoms with E-state index in [9.17, 15) is 17.6 Å². The fraction of sp³-hybridized carbons (Fsp3) is 0.333. The van der Waals surface area contributed by atoms with Crippen LogP contribution in [-0.4, -0.2) is 24.1 Å². The molecule has 0 spiro atoms. The van der Waals surface area contributed by atoms with E-state index in [-0.39, 0.29) is 11.9 Å². The molecule has 0 unspecified atom stereocenters. The average Bonchev–Trinajstić information content (AvgIpc) is 2.48. The number of alkyl halides is 3. The van der Waals surface area contributed by atoms with Crippen molar-refractivity contribution < 1.29 is 22.3 Å². The summed E-state index contributed by atoms with van der Waals surface area (Å²) in [4.78, 5) is 2.09. The van der Waals surface area contributed by atoms with Crippen LogP contribution in [0.3, 0.4) is 0 Å². The maximum Gasteiger partial charge on any atom is 0.416 e. The molecule has 0 bridgehead atoms. The average molecular weight is 339 g/mol. The zero-order chi connectivity index (χ0) is 17.3. The summed E-state index contributed by atoms with van der Waals surface area (Å²) in [5.74, 6) is 0.368. The van der Waals surface area contributed by atoms with Crippen molar-refractivity contribution in [1.29, 1.82) is 0 Å². The molecule has 1 aliphatic heterocycles. The Morgan fingerprint density at radius 3 is 2.33 bits per heavy atom. The first kappa shape index (κ1) is 16.8. The van der Waals surface area contributed by atoms with Gasteiger partial charge in [0.25, 0.3) is 0 Å². The van der Waals surface area contributed by atoms with Crippen LogP contribution >= 0.6 is 0 Å². The highest BCUT2D eigenvalue weighted by Gasteiger charge is 2.31. The molecule has 0 amide bonds. The van der Waals surface area contributed by atoms with E-state index in [2.05, 4.69) is 4.90 Å². The topological polar surface area (TPSA) is 12.5 Å². The summed E-state index contributed by atoms with van der Waals surface area (Å²) in [7, 11) is 0. The van der Waals surface area contributed by atoms with E-state index in [0.29, 0.717) is 30.9 Å². The molecule has 1 heterocycles. The lowest BCUT2D eigenvalue weighted by Crippen LogP contribution is -2.53. The molecule has 2 nitrogen and oxygen atoms in total. The number of rotatable bonds is 4. The highest BCUT2D eigenvalue weighted by molar-refractivity contribution is 5.29. The highest BCUT2D eigenvalue weighted by Crippen LogP contribution is 2.29. The fourth-order valence-electron chi connectivity index (χ4n) is 2.67. The van der Waals surface area contributed by atoms with E-state index in [1.165, 1.54) is 18.2 Å². The van der Waals surface area contributed by atoms with Crippen LogP contribution in [-0.2, 0) is 12.7 Å². The second-order valence-electron chi connectivity index (χ2n) is 6.04. The molecule has 0 N–H and O–H groups in total. The Kier molecular flexibility index (Phi) is 4.49. The first-order valence-corrected chi connectivity index (χ1v) is 7.62. The van der Waals surface area contributed by atoms with Crippen molar-refractivity contribution in [2.75, 3.05) is 13.1 Å². The minimum atomic E-state index is -4.30. The zero-order valence-electron chi connectivity index (χ0n) is 13.1. The van der Waals surface area contributed by atoms with Gasteiger partial charge in [0.1, 0.15) is 17.7 Å². The van der Waals surface area contributed by atoms with Gasteiger partial charge in [0.2, 0.25) is 0 Å². The largest absolute Gasteiger partial charge is 0.488 e. The van der Waals surface area contributed by atoms with E-state index in [1.807, 2.05) is 0 Å². The lowest BCUT2D eigenvalue weighted by molar-refractivity contribution is -0.137. The molecular formula is C18H17F4NO. The molecule has 0 radical (unpaired) electrons. The number of benzene rings is 2. The summed E-state index contributed by atoms with van der Waals surface area (Å²) in [6.45, 7) is 3.65. The Bertz CT molecular complexity index is 706. The van der Waals surface area contributed by atoms with Gasteiger partial charge >= 0.3 is 6.18 Å². The van der Waals surface area contributed by atoms with Crippen LogP contribution in [0.15, 0.2) is 42.5 Å². The van der Waals surface area contributed by atoms with Gasteiger partial charge in [-0.1, -0.05) is 12.1 Å². The Morgan fingerprint density at radius 2 is 1.75 bits per heavy atom. The van der Waals surface area contributed by atoms with Crippen molar-refractivity contribution >= 4 is 0 Å². The second-order valence-corrected chi connectivity index (χ2v) is 6.04. The van der Waals surface area contributed by atoms with Crippen LogP contribution < -0.4 is 4.74 Å². The molecule has 1 aliphatic rings. The third-order valence-corrected chi connectivity index (χ3v) is 4.04. The summed E-state index contributed by atoms with van der Waals surface area (Å²) >= 11 is 0. The third-order valence-electron chi connectivity index (χ3n) is 4.04. The van der Waals surface area contributed by atoms with Crippen LogP contribution in [0, 0.1) is 12.7 Å². The molecule has 6 heteroatoms. The zero-order valence-corrected chi connectivity index (χ0v) is 13.1. The molecular weight excluding hydrogens is 322 g/mol. The summed E-state index contributed by atoms with van der Waals surface area (Å²) < 4.78 is 56.5. The Hall–Kier alpha value is -2.08. The van der Waals surface area contributed by atoms with Gasteiger partial charge in [0.15, 0.2) is 0 Å². The SMILES string of the molecule is Cc1cc(OC2CN(Cc3ccc(C(F)(F)F)cc3)C2)ccc1F. The Morgan fingerprint density at radius 1 is 1.08 bits per heavy atom. The number of nitrogens with zero attached hydrogens (tertiary/aromatic N) is 1. The summed E-state index contributed by atoms with van der Waals surface area (Å²) in [5.41, 5.74) is 0.732. The first-order chi connectivity index (χ1) is 11.3. The standard InChI is InChI=1S/C18H17F4NO/c1-12-8-15(6-7-17(12)19)24-16-10-23(11-16)9-13-2-4-14(5-3-13)18(20,21)22/h2-8,16H,9-11H2,1H3. The van der Waals surface area contributed by atoms with Crippen molar-refractivity contribution in [2.45, 2.75) is 25.7 Å². The van der Waals surface area contributed by atoms with Crippen molar-refractivity contribution in [3.8, 4) is 5.75 Å². The number of ether oxygens (including phenoxy) is 1. The first-order valence-electron chi connectivity index (χ1n) is 7.62. The van der Waals surface area contributed by atoms with Gasteiger partial charge in [-0.05, 0) is 48.4 Å². The van der Waals surface area contributed by atoms with Gasteiger partial charge in [-0.2, -0.15) is 13.2 Å². The molecule has 1 saturated heterocycles. The summed E-state index contributed by atoms with van der Waals surface area (Å²) in [6.07, 6.45) is -4.29. The Labute approximate surface area is 137 Å². The van der Waals surface area contributed by atoms with Gasteiger partial charge in [0.05, 0.1) is 5.56 Å². The molecule has 1 fully saturated rings. The Balaban J connectivity index is 1.49. The molecule has 3 rings (SSSR count). The summed E-state index contributed by atoms with van der Waals surface area (Å²) in [5, 5.41) is 0. The predicted molar refractivity (Wildman–Crippen MR) is 82.3 cm³/mol.